The summed E-state index contributed by atoms with van der Waals surface area (Å²) in [6, 6.07) is 5.92. The fraction of sp³-hybridized carbons (Fsp3) is 0.308. The van der Waals surface area contributed by atoms with E-state index in [2.05, 4.69) is 4.98 Å². The molecule has 0 saturated carbocycles. The summed E-state index contributed by atoms with van der Waals surface area (Å²) in [5.41, 5.74) is 3.63. The number of hydrogen-bond acceptors (Lipinski definition) is 2. The Morgan fingerprint density at radius 2 is 1.94 bits per heavy atom. The molecule has 1 aromatic heterocycles. The smallest absolute Gasteiger partial charge is 0.251 e. The first-order chi connectivity index (χ1) is 7.63. The molecule has 1 aromatic carbocycles. The van der Waals surface area contributed by atoms with Crippen molar-refractivity contribution in [3.8, 4) is 0 Å². The maximum absolute atomic E-state index is 11.7. The molecule has 84 valence electrons. The Labute approximate surface area is 93.7 Å². The summed E-state index contributed by atoms with van der Waals surface area (Å²) in [4.78, 5) is 14.6. The van der Waals surface area contributed by atoms with Crippen molar-refractivity contribution in [3.05, 3.63) is 45.2 Å². The van der Waals surface area contributed by atoms with Crippen molar-refractivity contribution in [1.29, 1.82) is 0 Å². The van der Waals surface area contributed by atoms with Crippen LogP contribution >= 0.6 is 0 Å². The molecule has 2 aromatic rings. The van der Waals surface area contributed by atoms with Gasteiger partial charge in [-0.3, -0.25) is 4.79 Å². The third-order valence-electron chi connectivity index (χ3n) is 2.90. The zero-order valence-corrected chi connectivity index (χ0v) is 9.50. The van der Waals surface area contributed by atoms with Gasteiger partial charge in [0, 0.05) is 24.0 Å². The van der Waals surface area contributed by atoms with Crippen molar-refractivity contribution in [2.75, 3.05) is 6.61 Å². The number of aryl methyl sites for hydroxylation is 2. The lowest BCUT2D eigenvalue weighted by atomic mass is 10.0. The van der Waals surface area contributed by atoms with Crippen molar-refractivity contribution < 1.29 is 5.11 Å². The number of aromatic amines is 1. The Kier molecular flexibility index (Phi) is 2.79. The first-order valence-corrected chi connectivity index (χ1v) is 5.36. The van der Waals surface area contributed by atoms with Gasteiger partial charge in [0.15, 0.2) is 0 Å². The predicted octanol–water partition coefficient (Wildman–Crippen LogP) is 1.68. The topological polar surface area (TPSA) is 53.1 Å². The van der Waals surface area contributed by atoms with Crippen LogP contribution in [0.4, 0.5) is 0 Å². The van der Waals surface area contributed by atoms with Crippen LogP contribution in [0.15, 0.2) is 23.0 Å². The van der Waals surface area contributed by atoms with Gasteiger partial charge in [-0.05, 0) is 31.0 Å². The van der Waals surface area contributed by atoms with Crippen molar-refractivity contribution in [1.82, 2.24) is 4.98 Å². The van der Waals surface area contributed by atoms with Gasteiger partial charge in [0.1, 0.15) is 0 Å². The molecular formula is C13H15NO2. The molecule has 0 fully saturated rings. The summed E-state index contributed by atoms with van der Waals surface area (Å²) >= 11 is 0. The first kappa shape index (κ1) is 10.9. The maximum atomic E-state index is 11.7. The summed E-state index contributed by atoms with van der Waals surface area (Å²) in [5, 5.41) is 9.95. The number of fused-ring (bicyclic) bond motifs is 1. The van der Waals surface area contributed by atoms with E-state index in [4.69, 9.17) is 5.11 Å². The molecule has 0 unspecified atom stereocenters. The summed E-state index contributed by atoms with van der Waals surface area (Å²) in [5.74, 6) is 0. The molecule has 1 heterocycles. The number of aliphatic hydroxyl groups excluding tert-OH is 1. The van der Waals surface area contributed by atoms with Gasteiger partial charge in [-0.2, -0.15) is 0 Å². The molecule has 16 heavy (non-hydrogen) atoms. The molecule has 2 rings (SSSR count). The van der Waals surface area contributed by atoms with E-state index in [1.54, 1.807) is 0 Å². The highest BCUT2D eigenvalue weighted by atomic mass is 16.3. The van der Waals surface area contributed by atoms with Crippen molar-refractivity contribution in [3.63, 3.8) is 0 Å². The number of hydrogen-bond donors (Lipinski definition) is 2. The van der Waals surface area contributed by atoms with Crippen LogP contribution in [0.3, 0.4) is 0 Å². The Bertz CT molecular complexity index is 584. The van der Waals surface area contributed by atoms with E-state index in [-0.39, 0.29) is 12.2 Å². The molecule has 0 saturated heterocycles. The Hall–Kier alpha value is -1.61. The monoisotopic (exact) mass is 217 g/mol. The van der Waals surface area contributed by atoms with Crippen molar-refractivity contribution >= 4 is 10.9 Å². The van der Waals surface area contributed by atoms with E-state index in [9.17, 15) is 4.79 Å². The van der Waals surface area contributed by atoms with Gasteiger partial charge >= 0.3 is 0 Å². The minimum Gasteiger partial charge on any atom is -0.396 e. The first-order valence-electron chi connectivity index (χ1n) is 5.36. The largest absolute Gasteiger partial charge is 0.396 e. The summed E-state index contributed by atoms with van der Waals surface area (Å²) in [6.07, 6.45) is 0.401. The Morgan fingerprint density at radius 1 is 1.25 bits per heavy atom. The van der Waals surface area contributed by atoms with E-state index in [0.717, 1.165) is 22.0 Å². The highest BCUT2D eigenvalue weighted by Gasteiger charge is 2.06. The van der Waals surface area contributed by atoms with Gasteiger partial charge < -0.3 is 10.1 Å². The second-order valence-electron chi connectivity index (χ2n) is 4.09. The van der Waals surface area contributed by atoms with Gasteiger partial charge in [-0.15, -0.1) is 0 Å². The molecule has 3 heteroatoms. The number of nitrogens with one attached hydrogen (secondary N) is 1. The van der Waals surface area contributed by atoms with Gasteiger partial charge in [0.2, 0.25) is 0 Å². The second-order valence-corrected chi connectivity index (χ2v) is 4.09. The molecule has 0 aliphatic rings. The molecule has 2 N–H and O–H groups in total. The zero-order valence-electron chi connectivity index (χ0n) is 9.50. The van der Waals surface area contributed by atoms with Gasteiger partial charge in [0.05, 0.1) is 5.52 Å². The van der Waals surface area contributed by atoms with Crippen LogP contribution in [0.2, 0.25) is 0 Å². The number of rotatable bonds is 2. The molecular weight excluding hydrogens is 202 g/mol. The van der Waals surface area contributed by atoms with Crippen LogP contribution < -0.4 is 5.56 Å². The number of aliphatic hydroxyl groups is 1. The number of H-pyrrole nitrogens is 1. The fourth-order valence-electron chi connectivity index (χ4n) is 1.92. The summed E-state index contributed by atoms with van der Waals surface area (Å²) in [7, 11) is 0. The molecule has 0 aliphatic carbocycles. The van der Waals surface area contributed by atoms with E-state index < -0.39 is 0 Å². The molecule has 0 atom stereocenters. The van der Waals surface area contributed by atoms with Crippen molar-refractivity contribution in [2.24, 2.45) is 0 Å². The lowest BCUT2D eigenvalue weighted by molar-refractivity contribution is 0.299. The van der Waals surface area contributed by atoms with Gasteiger partial charge in [-0.25, -0.2) is 0 Å². The minimum atomic E-state index is -0.102. The molecule has 0 bridgehead atoms. The summed E-state index contributed by atoms with van der Waals surface area (Å²) < 4.78 is 0. The minimum absolute atomic E-state index is 0.000546. The standard InChI is InChI=1S/C13H15NO2/c1-8-3-4-9(2)12-11(8)7-10(5-6-15)13(16)14-12/h3-4,7,15H,5-6H2,1-2H3,(H,14,16). The van der Waals surface area contributed by atoms with E-state index in [1.807, 2.05) is 32.0 Å². The van der Waals surface area contributed by atoms with Crippen LogP contribution in [0.1, 0.15) is 16.7 Å². The quantitative estimate of drug-likeness (QED) is 0.804. The van der Waals surface area contributed by atoms with Crippen LogP contribution in [0.5, 0.6) is 0 Å². The van der Waals surface area contributed by atoms with Crippen LogP contribution in [-0.4, -0.2) is 16.7 Å². The van der Waals surface area contributed by atoms with Crippen LogP contribution in [-0.2, 0) is 6.42 Å². The highest BCUT2D eigenvalue weighted by Crippen LogP contribution is 2.19. The third-order valence-corrected chi connectivity index (χ3v) is 2.90. The molecule has 0 radical (unpaired) electrons. The lowest BCUT2D eigenvalue weighted by Crippen LogP contribution is -2.14. The third kappa shape index (κ3) is 1.74. The Balaban J connectivity index is 2.79. The predicted molar refractivity (Wildman–Crippen MR) is 64.8 cm³/mol. The average molecular weight is 217 g/mol. The van der Waals surface area contributed by atoms with Crippen molar-refractivity contribution in [2.45, 2.75) is 20.3 Å². The zero-order chi connectivity index (χ0) is 11.7. The number of benzene rings is 1. The average Bonchev–Trinajstić information content (AvgIpc) is 2.26. The molecule has 3 nitrogen and oxygen atoms in total. The highest BCUT2D eigenvalue weighted by molar-refractivity contribution is 5.85. The molecule has 0 amide bonds. The maximum Gasteiger partial charge on any atom is 0.251 e. The van der Waals surface area contributed by atoms with E-state index >= 15 is 0 Å². The van der Waals surface area contributed by atoms with E-state index in [1.165, 1.54) is 0 Å². The van der Waals surface area contributed by atoms with Gasteiger partial charge in [0.25, 0.3) is 5.56 Å². The van der Waals surface area contributed by atoms with Crippen LogP contribution in [0.25, 0.3) is 10.9 Å². The normalized spacial score (nSPS) is 10.9. The van der Waals surface area contributed by atoms with Gasteiger partial charge in [-0.1, -0.05) is 12.1 Å². The van der Waals surface area contributed by atoms with Crippen LogP contribution in [0, 0.1) is 13.8 Å². The number of pyridine rings is 1. The molecule has 0 aliphatic heterocycles. The molecule has 0 spiro atoms. The van der Waals surface area contributed by atoms with E-state index in [0.29, 0.717) is 12.0 Å². The lowest BCUT2D eigenvalue weighted by Gasteiger charge is -2.07. The fourth-order valence-corrected chi connectivity index (χ4v) is 1.92. The SMILES string of the molecule is Cc1ccc(C)c2[nH]c(=O)c(CCO)cc12. The second kappa shape index (κ2) is 4.10. The summed E-state index contributed by atoms with van der Waals surface area (Å²) in [6.45, 7) is 3.99. The number of aromatic nitrogens is 1. The Morgan fingerprint density at radius 3 is 2.62 bits per heavy atom.